The molecule has 1 saturated heterocycles. The number of benzene rings is 1. The van der Waals surface area contributed by atoms with Crippen molar-refractivity contribution in [2.75, 3.05) is 13.1 Å². The Morgan fingerprint density at radius 2 is 1.96 bits per heavy atom. The lowest BCUT2D eigenvalue weighted by atomic mass is 10.00. The highest BCUT2D eigenvalue weighted by Crippen LogP contribution is 2.32. The van der Waals surface area contributed by atoms with Gasteiger partial charge in [-0.1, -0.05) is 29.3 Å². The Morgan fingerprint density at radius 1 is 1.11 bits per heavy atom. The van der Waals surface area contributed by atoms with Gasteiger partial charge in [-0.3, -0.25) is 4.98 Å². The summed E-state index contributed by atoms with van der Waals surface area (Å²) in [5.74, 6) is 0.547. The van der Waals surface area contributed by atoms with Gasteiger partial charge in [0.2, 0.25) is 15.9 Å². The van der Waals surface area contributed by atoms with Gasteiger partial charge in [0.15, 0.2) is 0 Å². The molecule has 0 aliphatic carbocycles. The Hall–Kier alpha value is -2.00. The number of halogens is 2. The summed E-state index contributed by atoms with van der Waals surface area (Å²) in [6.07, 6.45) is 3.09. The van der Waals surface area contributed by atoms with Crippen molar-refractivity contribution in [3.8, 4) is 11.6 Å². The predicted octanol–water partition coefficient (Wildman–Crippen LogP) is 4.01. The minimum Gasteiger partial charge on any atom is -0.419 e. The number of pyridine rings is 1. The Bertz CT molecular complexity index is 1090. The van der Waals surface area contributed by atoms with E-state index in [0.29, 0.717) is 35.5 Å². The fourth-order valence-electron chi connectivity index (χ4n) is 3.14. The molecule has 1 aliphatic rings. The first-order valence-electron chi connectivity index (χ1n) is 8.65. The van der Waals surface area contributed by atoms with Crippen LogP contribution in [0.4, 0.5) is 0 Å². The van der Waals surface area contributed by atoms with Gasteiger partial charge in [0, 0.05) is 19.3 Å². The fourth-order valence-corrected chi connectivity index (χ4v) is 5.05. The number of sulfonamides is 1. The van der Waals surface area contributed by atoms with Crippen LogP contribution >= 0.6 is 23.2 Å². The average molecular weight is 439 g/mol. The third-order valence-electron chi connectivity index (χ3n) is 4.59. The molecule has 7 nitrogen and oxygen atoms in total. The van der Waals surface area contributed by atoms with Crippen molar-refractivity contribution in [1.82, 2.24) is 19.5 Å². The fraction of sp³-hybridized carbons (Fsp3) is 0.278. The number of hydrogen-bond acceptors (Lipinski definition) is 6. The Kier molecular flexibility index (Phi) is 5.37. The van der Waals surface area contributed by atoms with Gasteiger partial charge in [-0.25, -0.2) is 8.42 Å². The SMILES string of the molecule is O=S(=O)(c1ccc(Cl)c(Cl)c1)N1CCCC(c2nnc(-c3ccccn3)o2)C1. The summed E-state index contributed by atoms with van der Waals surface area (Å²) in [4.78, 5) is 4.30. The molecule has 0 radical (unpaired) electrons. The van der Waals surface area contributed by atoms with Crippen LogP contribution in [0.5, 0.6) is 0 Å². The molecule has 1 aliphatic heterocycles. The minimum atomic E-state index is -3.70. The smallest absolute Gasteiger partial charge is 0.266 e. The Morgan fingerprint density at radius 3 is 2.71 bits per heavy atom. The summed E-state index contributed by atoms with van der Waals surface area (Å²) in [6.45, 7) is 0.673. The van der Waals surface area contributed by atoms with Gasteiger partial charge in [-0.05, 0) is 43.2 Å². The molecular weight excluding hydrogens is 423 g/mol. The van der Waals surface area contributed by atoms with E-state index in [9.17, 15) is 8.42 Å². The molecule has 4 rings (SSSR count). The van der Waals surface area contributed by atoms with Crippen LogP contribution < -0.4 is 0 Å². The van der Waals surface area contributed by atoms with E-state index in [2.05, 4.69) is 15.2 Å². The maximum absolute atomic E-state index is 13.0. The average Bonchev–Trinajstić information content (AvgIpc) is 3.21. The molecule has 1 unspecified atom stereocenters. The molecule has 1 atom stereocenters. The molecule has 28 heavy (non-hydrogen) atoms. The lowest BCUT2D eigenvalue weighted by Crippen LogP contribution is -2.39. The molecule has 0 saturated carbocycles. The van der Waals surface area contributed by atoms with Crippen LogP contribution in [0.25, 0.3) is 11.6 Å². The van der Waals surface area contributed by atoms with Gasteiger partial charge in [0.05, 0.1) is 20.9 Å². The summed E-state index contributed by atoms with van der Waals surface area (Å²) in [7, 11) is -3.70. The highest BCUT2D eigenvalue weighted by atomic mass is 35.5. The van der Waals surface area contributed by atoms with E-state index in [-0.39, 0.29) is 22.4 Å². The number of nitrogens with zero attached hydrogens (tertiary/aromatic N) is 4. The first-order chi connectivity index (χ1) is 13.4. The van der Waals surface area contributed by atoms with Crippen LogP contribution in [-0.2, 0) is 10.0 Å². The molecule has 0 amide bonds. The Labute approximate surface area is 172 Å². The van der Waals surface area contributed by atoms with E-state index in [1.807, 2.05) is 6.07 Å². The highest BCUT2D eigenvalue weighted by molar-refractivity contribution is 7.89. The number of piperidine rings is 1. The van der Waals surface area contributed by atoms with Gasteiger partial charge in [-0.2, -0.15) is 4.31 Å². The van der Waals surface area contributed by atoms with Gasteiger partial charge in [0.25, 0.3) is 5.89 Å². The third-order valence-corrected chi connectivity index (χ3v) is 7.19. The van der Waals surface area contributed by atoms with E-state index in [4.69, 9.17) is 27.6 Å². The van der Waals surface area contributed by atoms with Crippen LogP contribution in [0.3, 0.4) is 0 Å². The van der Waals surface area contributed by atoms with Gasteiger partial charge < -0.3 is 4.42 Å². The molecule has 146 valence electrons. The summed E-state index contributed by atoms with van der Waals surface area (Å²) in [5, 5.41) is 8.68. The van der Waals surface area contributed by atoms with E-state index >= 15 is 0 Å². The molecule has 3 heterocycles. The molecule has 3 aromatic rings. The molecule has 2 aromatic heterocycles. The first-order valence-corrected chi connectivity index (χ1v) is 10.8. The van der Waals surface area contributed by atoms with Crippen LogP contribution in [-0.4, -0.2) is 41.0 Å². The second kappa shape index (κ2) is 7.79. The predicted molar refractivity (Wildman–Crippen MR) is 105 cm³/mol. The van der Waals surface area contributed by atoms with Gasteiger partial charge in [-0.15, -0.1) is 10.2 Å². The van der Waals surface area contributed by atoms with E-state index in [1.165, 1.54) is 22.5 Å². The van der Waals surface area contributed by atoms with Crippen molar-refractivity contribution in [2.24, 2.45) is 0 Å². The number of rotatable bonds is 4. The van der Waals surface area contributed by atoms with Crippen molar-refractivity contribution in [1.29, 1.82) is 0 Å². The number of hydrogen-bond donors (Lipinski definition) is 0. The van der Waals surface area contributed by atoms with Crippen molar-refractivity contribution < 1.29 is 12.8 Å². The monoisotopic (exact) mass is 438 g/mol. The van der Waals surface area contributed by atoms with Gasteiger partial charge >= 0.3 is 0 Å². The molecular formula is C18H16Cl2N4O3S. The van der Waals surface area contributed by atoms with Crippen molar-refractivity contribution in [3.63, 3.8) is 0 Å². The van der Waals surface area contributed by atoms with Crippen LogP contribution in [0.15, 0.2) is 51.9 Å². The standard InChI is InChI=1S/C18H16Cl2N4O3S/c19-14-7-6-13(10-15(14)20)28(25,26)24-9-3-4-12(11-24)17-22-23-18(27-17)16-5-1-2-8-21-16/h1-2,5-8,10,12H,3-4,9,11H2. The van der Waals surface area contributed by atoms with E-state index in [1.54, 1.807) is 18.3 Å². The molecule has 10 heteroatoms. The highest BCUT2D eigenvalue weighted by Gasteiger charge is 2.33. The zero-order valence-electron chi connectivity index (χ0n) is 14.6. The van der Waals surface area contributed by atoms with Crippen LogP contribution in [0.2, 0.25) is 10.0 Å². The summed E-state index contributed by atoms with van der Waals surface area (Å²) in [5.41, 5.74) is 0.581. The second-order valence-electron chi connectivity index (χ2n) is 6.44. The zero-order valence-corrected chi connectivity index (χ0v) is 17.0. The van der Waals surface area contributed by atoms with Crippen molar-refractivity contribution in [3.05, 3.63) is 58.5 Å². The molecule has 1 aromatic carbocycles. The summed E-state index contributed by atoms with van der Waals surface area (Å²) >= 11 is 11.9. The summed E-state index contributed by atoms with van der Waals surface area (Å²) < 4.78 is 33.2. The molecule has 0 spiro atoms. The third kappa shape index (κ3) is 3.77. The zero-order chi connectivity index (χ0) is 19.7. The van der Waals surface area contributed by atoms with Gasteiger partial charge in [0.1, 0.15) is 5.69 Å². The largest absolute Gasteiger partial charge is 0.419 e. The van der Waals surface area contributed by atoms with E-state index < -0.39 is 10.0 Å². The first kappa shape index (κ1) is 19.3. The molecule has 1 fully saturated rings. The van der Waals surface area contributed by atoms with E-state index in [0.717, 1.165) is 6.42 Å². The lowest BCUT2D eigenvalue weighted by Gasteiger charge is -2.30. The topological polar surface area (TPSA) is 89.2 Å². The van der Waals surface area contributed by atoms with Crippen LogP contribution in [0, 0.1) is 0 Å². The second-order valence-corrected chi connectivity index (χ2v) is 9.19. The normalized spacial score (nSPS) is 18.3. The van der Waals surface area contributed by atoms with Crippen molar-refractivity contribution in [2.45, 2.75) is 23.7 Å². The maximum Gasteiger partial charge on any atom is 0.266 e. The quantitative estimate of drug-likeness (QED) is 0.611. The summed E-state index contributed by atoms with van der Waals surface area (Å²) in [6, 6.07) is 9.72. The van der Waals surface area contributed by atoms with Crippen LogP contribution in [0.1, 0.15) is 24.7 Å². The van der Waals surface area contributed by atoms with Crippen molar-refractivity contribution >= 4 is 33.2 Å². The number of aromatic nitrogens is 3. The maximum atomic E-state index is 13.0. The molecule has 0 bridgehead atoms. The molecule has 0 N–H and O–H groups in total. The lowest BCUT2D eigenvalue weighted by molar-refractivity contribution is 0.286. The minimum absolute atomic E-state index is 0.113. The Balaban J connectivity index is 1.56.